The van der Waals surface area contributed by atoms with Crippen LogP contribution < -0.4 is 0 Å². The Hall–Kier alpha value is -1.38. The first-order valence-electron chi connectivity index (χ1n) is 7.57. The summed E-state index contributed by atoms with van der Waals surface area (Å²) in [6.07, 6.45) is 4.37. The third-order valence-electron chi connectivity index (χ3n) is 4.96. The Morgan fingerprint density at radius 1 is 1.25 bits per heavy atom. The predicted octanol–water partition coefficient (Wildman–Crippen LogP) is 4.18. The van der Waals surface area contributed by atoms with Crippen molar-refractivity contribution in [2.75, 3.05) is 13.1 Å². The third-order valence-corrected chi connectivity index (χ3v) is 4.96. The lowest BCUT2D eigenvalue weighted by Gasteiger charge is -2.41. The molecule has 0 saturated carbocycles. The Balaban J connectivity index is 2.10. The largest absolute Gasteiger partial charge is 0.339 e. The van der Waals surface area contributed by atoms with Gasteiger partial charge in [0, 0.05) is 13.1 Å². The summed E-state index contributed by atoms with van der Waals surface area (Å²) in [6, 6.07) is 4.73. The quantitative estimate of drug-likeness (QED) is 0.811. The number of carbonyl (C=O) groups excluding carboxylic acids is 1. The molecule has 0 aliphatic carbocycles. The van der Waals surface area contributed by atoms with Crippen LogP contribution in [0.15, 0.2) is 18.2 Å². The molecule has 1 amide bonds. The highest BCUT2D eigenvalue weighted by Crippen LogP contribution is 2.38. The molecule has 110 valence electrons. The molecule has 1 aliphatic heterocycles. The lowest BCUT2D eigenvalue weighted by atomic mass is 9.74. The number of nitrogens with zero attached hydrogens (tertiary/aromatic N) is 1. The Morgan fingerprint density at radius 2 is 1.85 bits per heavy atom. The highest BCUT2D eigenvalue weighted by molar-refractivity contribution is 5.94. The van der Waals surface area contributed by atoms with E-state index in [9.17, 15) is 9.18 Å². The number of aryl methyl sites for hydroxylation is 1. The first-order valence-corrected chi connectivity index (χ1v) is 7.57. The molecule has 0 aromatic heterocycles. The average Bonchev–Trinajstić information content (AvgIpc) is 2.49. The number of likely N-dealkylation sites (tertiary alicyclic amines) is 1. The molecule has 0 atom stereocenters. The van der Waals surface area contributed by atoms with E-state index in [1.54, 1.807) is 17.0 Å². The van der Waals surface area contributed by atoms with Crippen LogP contribution in [-0.4, -0.2) is 23.9 Å². The number of rotatable bonds is 3. The van der Waals surface area contributed by atoms with Crippen LogP contribution in [0, 0.1) is 18.2 Å². The molecule has 1 fully saturated rings. The van der Waals surface area contributed by atoms with Crippen LogP contribution in [0.4, 0.5) is 4.39 Å². The lowest BCUT2D eigenvalue weighted by Crippen LogP contribution is -2.43. The molecule has 0 spiro atoms. The third kappa shape index (κ3) is 2.87. The van der Waals surface area contributed by atoms with Gasteiger partial charge in [0.15, 0.2) is 0 Å². The smallest absolute Gasteiger partial charge is 0.256 e. The first kappa shape index (κ1) is 15.0. The van der Waals surface area contributed by atoms with E-state index in [4.69, 9.17) is 0 Å². The van der Waals surface area contributed by atoms with E-state index in [2.05, 4.69) is 13.8 Å². The minimum atomic E-state index is -0.414. The summed E-state index contributed by atoms with van der Waals surface area (Å²) >= 11 is 0. The van der Waals surface area contributed by atoms with Crippen LogP contribution in [0.5, 0.6) is 0 Å². The van der Waals surface area contributed by atoms with Crippen molar-refractivity contribution in [3.63, 3.8) is 0 Å². The highest BCUT2D eigenvalue weighted by atomic mass is 19.1. The standard InChI is InChI=1S/C17H24FNO/c1-4-17(5-2)8-10-19(11-9-17)16(20)14-12-13(3)6-7-15(14)18/h6-7,12H,4-5,8-11H2,1-3H3. The van der Waals surface area contributed by atoms with Gasteiger partial charge in [-0.25, -0.2) is 4.39 Å². The molecular weight excluding hydrogens is 253 g/mol. The van der Waals surface area contributed by atoms with E-state index < -0.39 is 5.82 Å². The van der Waals surface area contributed by atoms with Crippen molar-refractivity contribution in [1.82, 2.24) is 4.90 Å². The summed E-state index contributed by atoms with van der Waals surface area (Å²) in [6.45, 7) is 7.82. The van der Waals surface area contributed by atoms with Crippen LogP contribution in [0.3, 0.4) is 0 Å². The molecular formula is C17H24FNO. The van der Waals surface area contributed by atoms with Crippen molar-refractivity contribution in [2.45, 2.75) is 46.5 Å². The normalized spacial score (nSPS) is 18.1. The van der Waals surface area contributed by atoms with Gasteiger partial charge in [-0.05, 0) is 37.3 Å². The van der Waals surface area contributed by atoms with E-state index >= 15 is 0 Å². The molecule has 0 N–H and O–H groups in total. The van der Waals surface area contributed by atoms with Gasteiger partial charge < -0.3 is 4.90 Å². The van der Waals surface area contributed by atoms with Gasteiger partial charge >= 0.3 is 0 Å². The molecule has 0 radical (unpaired) electrons. The van der Waals surface area contributed by atoms with E-state index in [1.165, 1.54) is 6.07 Å². The van der Waals surface area contributed by atoms with E-state index in [-0.39, 0.29) is 11.5 Å². The number of hydrogen-bond acceptors (Lipinski definition) is 1. The topological polar surface area (TPSA) is 20.3 Å². The summed E-state index contributed by atoms with van der Waals surface area (Å²) in [7, 11) is 0. The van der Waals surface area contributed by atoms with E-state index in [0.29, 0.717) is 5.41 Å². The van der Waals surface area contributed by atoms with Crippen LogP contribution in [0.1, 0.15) is 55.5 Å². The molecule has 3 heteroatoms. The maximum absolute atomic E-state index is 13.8. The molecule has 2 rings (SSSR count). The fourth-order valence-corrected chi connectivity index (χ4v) is 3.11. The van der Waals surface area contributed by atoms with Crippen LogP contribution in [0.2, 0.25) is 0 Å². The average molecular weight is 277 g/mol. The second-order valence-electron chi connectivity index (χ2n) is 5.98. The molecule has 2 nitrogen and oxygen atoms in total. The Labute approximate surface area is 121 Å². The molecule has 1 heterocycles. The van der Waals surface area contributed by atoms with Crippen molar-refractivity contribution in [3.8, 4) is 0 Å². The molecule has 1 aliphatic rings. The lowest BCUT2D eigenvalue weighted by molar-refractivity contribution is 0.0553. The second-order valence-corrected chi connectivity index (χ2v) is 5.98. The fourth-order valence-electron chi connectivity index (χ4n) is 3.11. The van der Waals surface area contributed by atoms with Crippen molar-refractivity contribution in [3.05, 3.63) is 35.1 Å². The number of piperidine rings is 1. The minimum absolute atomic E-state index is 0.160. The van der Waals surface area contributed by atoms with Gasteiger partial charge in [-0.15, -0.1) is 0 Å². The monoisotopic (exact) mass is 277 g/mol. The molecule has 0 bridgehead atoms. The minimum Gasteiger partial charge on any atom is -0.339 e. The zero-order chi connectivity index (χ0) is 14.8. The fraction of sp³-hybridized carbons (Fsp3) is 0.588. The van der Waals surface area contributed by atoms with Crippen molar-refractivity contribution < 1.29 is 9.18 Å². The van der Waals surface area contributed by atoms with Gasteiger partial charge in [-0.1, -0.05) is 38.3 Å². The van der Waals surface area contributed by atoms with E-state index in [1.807, 2.05) is 6.92 Å². The van der Waals surface area contributed by atoms with E-state index in [0.717, 1.165) is 44.3 Å². The Kier molecular flexibility index (Phi) is 4.46. The number of amides is 1. The van der Waals surface area contributed by atoms with Gasteiger partial charge in [0.1, 0.15) is 5.82 Å². The zero-order valence-electron chi connectivity index (χ0n) is 12.7. The van der Waals surface area contributed by atoms with Gasteiger partial charge in [0.25, 0.3) is 5.91 Å². The maximum atomic E-state index is 13.8. The summed E-state index contributed by atoms with van der Waals surface area (Å²) < 4.78 is 13.8. The molecule has 20 heavy (non-hydrogen) atoms. The van der Waals surface area contributed by atoms with Gasteiger partial charge in [0.05, 0.1) is 5.56 Å². The number of benzene rings is 1. The Morgan fingerprint density at radius 3 is 2.40 bits per heavy atom. The van der Waals surface area contributed by atoms with Crippen LogP contribution in [-0.2, 0) is 0 Å². The molecule has 1 saturated heterocycles. The summed E-state index contributed by atoms with van der Waals surface area (Å²) in [5, 5.41) is 0. The number of carbonyl (C=O) groups is 1. The highest BCUT2D eigenvalue weighted by Gasteiger charge is 2.33. The van der Waals surface area contributed by atoms with Crippen molar-refractivity contribution >= 4 is 5.91 Å². The summed E-state index contributed by atoms with van der Waals surface area (Å²) in [4.78, 5) is 14.3. The van der Waals surface area contributed by atoms with Gasteiger partial charge in [0.2, 0.25) is 0 Å². The van der Waals surface area contributed by atoms with Crippen LogP contribution >= 0.6 is 0 Å². The van der Waals surface area contributed by atoms with Crippen molar-refractivity contribution in [1.29, 1.82) is 0 Å². The predicted molar refractivity (Wildman–Crippen MR) is 79.3 cm³/mol. The van der Waals surface area contributed by atoms with Gasteiger partial charge in [-0.2, -0.15) is 0 Å². The van der Waals surface area contributed by atoms with Crippen LogP contribution in [0.25, 0.3) is 0 Å². The first-order chi connectivity index (χ1) is 9.51. The number of hydrogen-bond donors (Lipinski definition) is 0. The zero-order valence-corrected chi connectivity index (χ0v) is 12.7. The second kappa shape index (κ2) is 5.94. The van der Waals surface area contributed by atoms with Crippen molar-refractivity contribution in [2.24, 2.45) is 5.41 Å². The SMILES string of the molecule is CCC1(CC)CCN(C(=O)c2cc(C)ccc2F)CC1. The molecule has 1 aromatic rings. The maximum Gasteiger partial charge on any atom is 0.256 e. The number of halogens is 1. The van der Waals surface area contributed by atoms with Gasteiger partial charge in [-0.3, -0.25) is 4.79 Å². The molecule has 0 unspecified atom stereocenters. The Bertz CT molecular complexity index is 484. The summed E-state index contributed by atoms with van der Waals surface area (Å²) in [5.41, 5.74) is 1.51. The summed E-state index contributed by atoms with van der Waals surface area (Å²) in [5.74, 6) is -0.574. The molecule has 1 aromatic carbocycles.